The van der Waals surface area contributed by atoms with E-state index >= 15 is 0 Å². The van der Waals surface area contributed by atoms with Crippen molar-refractivity contribution in [1.29, 1.82) is 0 Å². The number of ketones is 1. The number of rotatable bonds is 2. The molecule has 0 aromatic carbocycles. The van der Waals surface area contributed by atoms with Crippen molar-refractivity contribution in [3.05, 3.63) is 0 Å². The molecule has 4 atom stereocenters. The molecule has 4 heteroatoms. The summed E-state index contributed by atoms with van der Waals surface area (Å²) >= 11 is 0. The minimum absolute atomic E-state index is 0.0741. The zero-order valence-electron chi connectivity index (χ0n) is 12.0. The third-order valence-corrected chi connectivity index (χ3v) is 5.77. The van der Waals surface area contributed by atoms with Gasteiger partial charge in [-0.25, -0.2) is 0 Å². The van der Waals surface area contributed by atoms with Crippen LogP contribution in [0.4, 0.5) is 0 Å². The van der Waals surface area contributed by atoms with Crippen LogP contribution in [0.3, 0.4) is 0 Å². The lowest BCUT2D eigenvalue weighted by Gasteiger charge is -2.43. The number of carbonyl (C=O) groups is 1. The lowest BCUT2D eigenvalue weighted by atomic mass is 9.74. The van der Waals surface area contributed by atoms with Crippen molar-refractivity contribution < 1.29 is 19.0 Å². The van der Waals surface area contributed by atoms with E-state index in [1.807, 2.05) is 0 Å². The highest BCUT2D eigenvalue weighted by atomic mass is 16.5. The van der Waals surface area contributed by atoms with Gasteiger partial charge >= 0.3 is 0 Å². The number of fused-ring (bicyclic) bond motifs is 2. The van der Waals surface area contributed by atoms with Gasteiger partial charge in [-0.3, -0.25) is 4.79 Å². The van der Waals surface area contributed by atoms with Crippen LogP contribution in [0, 0.1) is 11.8 Å². The fourth-order valence-electron chi connectivity index (χ4n) is 4.60. The third kappa shape index (κ3) is 2.22. The van der Waals surface area contributed by atoms with Crippen molar-refractivity contribution in [2.24, 2.45) is 11.8 Å². The maximum atomic E-state index is 12.8. The van der Waals surface area contributed by atoms with Gasteiger partial charge in [0.2, 0.25) is 0 Å². The first-order valence-corrected chi connectivity index (χ1v) is 8.17. The van der Waals surface area contributed by atoms with Crippen LogP contribution in [0.15, 0.2) is 0 Å². The van der Waals surface area contributed by atoms with Crippen LogP contribution in [0.25, 0.3) is 0 Å². The Balaban J connectivity index is 1.44. The second-order valence-electron chi connectivity index (χ2n) is 6.95. The minimum Gasteiger partial charge on any atom is -0.381 e. The number of hydrogen-bond acceptors (Lipinski definition) is 4. The van der Waals surface area contributed by atoms with Crippen LogP contribution in [0.2, 0.25) is 0 Å². The van der Waals surface area contributed by atoms with Gasteiger partial charge in [0.25, 0.3) is 0 Å². The van der Waals surface area contributed by atoms with E-state index in [2.05, 4.69) is 0 Å². The van der Waals surface area contributed by atoms with Crippen molar-refractivity contribution in [3.8, 4) is 0 Å². The van der Waals surface area contributed by atoms with E-state index in [0.29, 0.717) is 11.9 Å². The van der Waals surface area contributed by atoms with Gasteiger partial charge in [0.15, 0.2) is 0 Å². The Morgan fingerprint density at radius 3 is 2.60 bits per heavy atom. The molecule has 0 radical (unpaired) electrons. The van der Waals surface area contributed by atoms with E-state index in [9.17, 15) is 4.79 Å². The molecule has 4 aliphatic heterocycles. The smallest absolute Gasteiger partial charge is 0.141 e. The van der Waals surface area contributed by atoms with Crippen LogP contribution in [0.5, 0.6) is 0 Å². The van der Waals surface area contributed by atoms with Gasteiger partial charge in [-0.05, 0) is 44.9 Å². The van der Waals surface area contributed by atoms with Crippen LogP contribution in [-0.2, 0) is 19.0 Å². The average molecular weight is 280 g/mol. The molecule has 0 N–H and O–H groups in total. The maximum absolute atomic E-state index is 12.8. The van der Waals surface area contributed by atoms with Crippen molar-refractivity contribution >= 4 is 5.78 Å². The molecule has 4 heterocycles. The summed E-state index contributed by atoms with van der Waals surface area (Å²) in [7, 11) is 0. The topological polar surface area (TPSA) is 44.8 Å². The summed E-state index contributed by atoms with van der Waals surface area (Å²) in [6.45, 7) is 2.29. The first-order chi connectivity index (χ1) is 9.76. The SMILES string of the molecule is O=C(C1CCOC2(CCOCC2)C1)C1CC2CCC1O2. The van der Waals surface area contributed by atoms with E-state index in [-0.39, 0.29) is 23.5 Å². The molecule has 0 amide bonds. The van der Waals surface area contributed by atoms with Crippen molar-refractivity contribution in [2.45, 2.75) is 62.8 Å². The van der Waals surface area contributed by atoms with E-state index in [1.165, 1.54) is 0 Å². The number of ether oxygens (including phenoxy) is 3. The molecule has 0 aromatic heterocycles. The second kappa shape index (κ2) is 5.08. The Bertz CT molecular complexity index is 382. The lowest BCUT2D eigenvalue weighted by molar-refractivity contribution is -0.159. The van der Waals surface area contributed by atoms with Crippen LogP contribution in [-0.4, -0.2) is 43.4 Å². The van der Waals surface area contributed by atoms with Gasteiger partial charge < -0.3 is 14.2 Å². The molecule has 4 unspecified atom stereocenters. The van der Waals surface area contributed by atoms with Crippen molar-refractivity contribution in [2.75, 3.05) is 19.8 Å². The summed E-state index contributed by atoms with van der Waals surface area (Å²) in [5, 5.41) is 0. The van der Waals surface area contributed by atoms with Gasteiger partial charge in [-0.15, -0.1) is 0 Å². The standard InChI is InChI=1S/C16H24O4/c17-15(13-9-12-1-2-14(13)20-12)11-3-6-19-16(10-11)4-7-18-8-5-16/h11-14H,1-10H2. The molecule has 4 saturated heterocycles. The Kier molecular flexibility index (Phi) is 3.36. The van der Waals surface area contributed by atoms with Gasteiger partial charge in [-0.2, -0.15) is 0 Å². The molecule has 4 nitrogen and oxygen atoms in total. The summed E-state index contributed by atoms with van der Waals surface area (Å²) in [6, 6.07) is 0. The highest BCUT2D eigenvalue weighted by Gasteiger charge is 2.48. The zero-order valence-corrected chi connectivity index (χ0v) is 12.0. The maximum Gasteiger partial charge on any atom is 0.141 e. The molecule has 1 spiro atoms. The van der Waals surface area contributed by atoms with Crippen molar-refractivity contribution in [3.63, 3.8) is 0 Å². The Labute approximate surface area is 120 Å². The predicted molar refractivity (Wildman–Crippen MR) is 72.5 cm³/mol. The molecule has 0 aliphatic carbocycles. The number of Topliss-reactive ketones (excluding diaryl/α,β-unsaturated/α-hetero) is 1. The van der Waals surface area contributed by atoms with E-state index < -0.39 is 0 Å². The van der Waals surface area contributed by atoms with Crippen LogP contribution < -0.4 is 0 Å². The quantitative estimate of drug-likeness (QED) is 0.777. The number of carbonyl (C=O) groups excluding carboxylic acids is 1. The highest BCUT2D eigenvalue weighted by Crippen LogP contribution is 2.44. The van der Waals surface area contributed by atoms with Gasteiger partial charge in [0, 0.05) is 31.7 Å². The van der Waals surface area contributed by atoms with E-state index in [0.717, 1.165) is 64.8 Å². The summed E-state index contributed by atoms with van der Waals surface area (Å²) in [5.74, 6) is 0.829. The summed E-state index contributed by atoms with van der Waals surface area (Å²) < 4.78 is 17.4. The Morgan fingerprint density at radius 1 is 1.05 bits per heavy atom. The van der Waals surface area contributed by atoms with Gasteiger partial charge in [0.05, 0.1) is 17.8 Å². The molecule has 112 valence electrons. The Morgan fingerprint density at radius 2 is 1.90 bits per heavy atom. The van der Waals surface area contributed by atoms with E-state index in [1.54, 1.807) is 0 Å². The third-order valence-electron chi connectivity index (χ3n) is 5.77. The predicted octanol–water partition coefficient (Wildman–Crippen LogP) is 2.10. The molecule has 0 aromatic rings. The molecular weight excluding hydrogens is 256 g/mol. The molecule has 2 bridgehead atoms. The largest absolute Gasteiger partial charge is 0.381 e. The number of hydrogen-bond donors (Lipinski definition) is 0. The molecular formula is C16H24O4. The fraction of sp³-hybridized carbons (Fsp3) is 0.938. The molecule has 20 heavy (non-hydrogen) atoms. The first-order valence-electron chi connectivity index (χ1n) is 8.17. The second-order valence-corrected chi connectivity index (χ2v) is 6.95. The van der Waals surface area contributed by atoms with Crippen molar-refractivity contribution in [1.82, 2.24) is 0 Å². The fourth-order valence-corrected chi connectivity index (χ4v) is 4.60. The molecule has 4 rings (SSSR count). The summed E-state index contributed by atoms with van der Waals surface area (Å²) in [5.41, 5.74) is -0.0741. The molecule has 0 saturated carbocycles. The zero-order chi connectivity index (χ0) is 13.6. The monoisotopic (exact) mass is 280 g/mol. The molecule has 4 fully saturated rings. The lowest BCUT2D eigenvalue weighted by Crippen LogP contribution is -2.47. The normalized spacial score (nSPS) is 43.0. The minimum atomic E-state index is -0.0741. The summed E-state index contributed by atoms with van der Waals surface area (Å²) in [4.78, 5) is 12.8. The average Bonchev–Trinajstić information content (AvgIpc) is 3.10. The first kappa shape index (κ1) is 13.2. The van der Waals surface area contributed by atoms with Crippen LogP contribution >= 0.6 is 0 Å². The summed E-state index contributed by atoms with van der Waals surface area (Å²) in [6.07, 6.45) is 7.50. The van der Waals surface area contributed by atoms with E-state index in [4.69, 9.17) is 14.2 Å². The highest BCUT2D eigenvalue weighted by molar-refractivity contribution is 5.84. The Hall–Kier alpha value is -0.450. The molecule has 4 aliphatic rings. The van der Waals surface area contributed by atoms with Gasteiger partial charge in [-0.1, -0.05) is 0 Å². The van der Waals surface area contributed by atoms with Gasteiger partial charge in [0.1, 0.15) is 5.78 Å². The van der Waals surface area contributed by atoms with Crippen LogP contribution in [0.1, 0.15) is 44.9 Å².